The number of anilines is 1. The van der Waals surface area contributed by atoms with Gasteiger partial charge in [-0.25, -0.2) is 0 Å². The molecule has 1 rings (SSSR count). The largest absolute Gasteiger partial charge is 0.495 e. The highest BCUT2D eigenvalue weighted by Gasteiger charge is 2.39. The van der Waals surface area contributed by atoms with Gasteiger partial charge in [-0.05, 0) is 37.9 Å². The predicted octanol–water partition coefficient (Wildman–Crippen LogP) is 3.72. The van der Waals surface area contributed by atoms with Crippen molar-refractivity contribution in [1.82, 2.24) is 0 Å². The number of carbonyl (C=O) groups excluding carboxylic acids is 1. The lowest BCUT2D eigenvalue weighted by Crippen LogP contribution is -2.30. The van der Waals surface area contributed by atoms with Gasteiger partial charge in [-0.3, -0.25) is 4.79 Å². The molecule has 0 bridgehead atoms. The molecule has 0 heterocycles. The molecule has 17 heavy (non-hydrogen) atoms. The van der Waals surface area contributed by atoms with Crippen LogP contribution in [0.2, 0.25) is 0 Å². The molecule has 0 aliphatic carbocycles. The van der Waals surface area contributed by atoms with Crippen LogP contribution in [-0.4, -0.2) is 19.2 Å². The first-order chi connectivity index (χ1) is 7.75. The second-order valence-electron chi connectivity index (χ2n) is 2.92. The predicted molar refractivity (Wildman–Crippen MR) is 63.1 cm³/mol. The van der Waals surface area contributed by atoms with Crippen molar-refractivity contribution in [1.29, 1.82) is 0 Å². The first-order valence-corrected chi connectivity index (χ1v) is 5.75. The zero-order chi connectivity index (χ0) is 13.2. The number of hydrogen-bond acceptors (Lipinski definition) is 2. The van der Waals surface area contributed by atoms with Crippen molar-refractivity contribution in [2.45, 2.75) is 6.18 Å². The molecule has 0 aliphatic rings. The van der Waals surface area contributed by atoms with E-state index in [-0.39, 0.29) is 5.69 Å². The van der Waals surface area contributed by atoms with Gasteiger partial charge in [0.15, 0.2) is 0 Å². The van der Waals surface area contributed by atoms with E-state index in [1.54, 1.807) is 5.32 Å². The number of hydrogen-bond donors (Lipinski definition) is 1. The van der Waals surface area contributed by atoms with Crippen molar-refractivity contribution in [3.05, 3.63) is 21.1 Å². The number of halogens is 5. The molecule has 0 saturated carbocycles. The third-order valence-electron chi connectivity index (χ3n) is 1.75. The van der Waals surface area contributed by atoms with Crippen LogP contribution in [0.15, 0.2) is 21.1 Å². The van der Waals surface area contributed by atoms with Crippen LogP contribution < -0.4 is 10.1 Å². The van der Waals surface area contributed by atoms with Crippen LogP contribution in [0.4, 0.5) is 18.9 Å². The van der Waals surface area contributed by atoms with Crippen molar-refractivity contribution in [2.24, 2.45) is 0 Å². The van der Waals surface area contributed by atoms with Crippen molar-refractivity contribution < 1.29 is 22.7 Å². The van der Waals surface area contributed by atoms with Crippen LogP contribution in [0.25, 0.3) is 0 Å². The van der Waals surface area contributed by atoms with E-state index in [1.807, 2.05) is 0 Å². The number of amides is 1. The lowest BCUT2D eigenvalue weighted by atomic mass is 10.3. The molecule has 0 fully saturated rings. The summed E-state index contributed by atoms with van der Waals surface area (Å²) in [7, 11) is 1.36. The van der Waals surface area contributed by atoms with E-state index in [0.717, 1.165) is 0 Å². The topological polar surface area (TPSA) is 38.3 Å². The molecule has 0 unspecified atom stereocenters. The highest BCUT2D eigenvalue weighted by molar-refractivity contribution is 9.11. The molecule has 1 aromatic carbocycles. The molecule has 0 aliphatic heterocycles. The number of nitrogens with one attached hydrogen (secondary N) is 1. The van der Waals surface area contributed by atoms with Gasteiger partial charge in [-0.2, -0.15) is 13.2 Å². The third kappa shape index (κ3) is 3.60. The number of ether oxygens (including phenoxy) is 1. The average Bonchev–Trinajstić information content (AvgIpc) is 2.20. The SMILES string of the molecule is COc1cc(NC(=O)C(F)(F)F)c(Br)cc1Br. The number of methoxy groups -OCH3 is 1. The molecule has 0 atom stereocenters. The summed E-state index contributed by atoms with van der Waals surface area (Å²) in [4.78, 5) is 10.8. The molecule has 1 aromatic rings. The summed E-state index contributed by atoms with van der Waals surface area (Å²) >= 11 is 6.20. The second-order valence-corrected chi connectivity index (χ2v) is 4.63. The van der Waals surface area contributed by atoms with Crippen molar-refractivity contribution in [2.75, 3.05) is 12.4 Å². The van der Waals surface area contributed by atoms with E-state index in [4.69, 9.17) is 4.74 Å². The van der Waals surface area contributed by atoms with Crippen molar-refractivity contribution in [3.63, 3.8) is 0 Å². The molecule has 8 heteroatoms. The molecule has 94 valence electrons. The van der Waals surface area contributed by atoms with Crippen molar-refractivity contribution in [3.8, 4) is 5.75 Å². The van der Waals surface area contributed by atoms with Gasteiger partial charge in [-0.15, -0.1) is 0 Å². The first-order valence-electron chi connectivity index (χ1n) is 4.17. The third-order valence-corrected chi connectivity index (χ3v) is 3.02. The van der Waals surface area contributed by atoms with Crippen LogP contribution in [0.1, 0.15) is 0 Å². The van der Waals surface area contributed by atoms with Gasteiger partial charge in [-0.1, -0.05) is 0 Å². The number of benzene rings is 1. The van der Waals surface area contributed by atoms with Crippen molar-refractivity contribution >= 4 is 43.5 Å². The molecule has 0 aromatic heterocycles. The zero-order valence-electron chi connectivity index (χ0n) is 8.36. The molecular weight excluding hydrogens is 371 g/mol. The summed E-state index contributed by atoms with van der Waals surface area (Å²) in [5.41, 5.74) is -0.0209. The summed E-state index contributed by atoms with van der Waals surface area (Å²) in [6.07, 6.45) is -4.93. The van der Waals surface area contributed by atoms with E-state index in [0.29, 0.717) is 14.7 Å². The minimum atomic E-state index is -4.93. The summed E-state index contributed by atoms with van der Waals surface area (Å²) in [6.45, 7) is 0. The highest BCUT2D eigenvalue weighted by atomic mass is 79.9. The fourth-order valence-electron chi connectivity index (χ4n) is 0.975. The molecule has 0 saturated heterocycles. The lowest BCUT2D eigenvalue weighted by Gasteiger charge is -2.12. The lowest BCUT2D eigenvalue weighted by molar-refractivity contribution is -0.167. The van der Waals surface area contributed by atoms with Gasteiger partial charge in [0.2, 0.25) is 0 Å². The Kier molecular flexibility index (Phi) is 4.42. The van der Waals surface area contributed by atoms with Gasteiger partial charge >= 0.3 is 12.1 Å². The van der Waals surface area contributed by atoms with Gasteiger partial charge in [0, 0.05) is 10.5 Å². The number of carbonyl (C=O) groups is 1. The maximum atomic E-state index is 12.1. The Bertz CT molecular complexity index is 449. The summed E-state index contributed by atoms with van der Waals surface area (Å²) in [5, 5.41) is 1.74. The Morgan fingerprint density at radius 3 is 2.35 bits per heavy atom. The number of alkyl halides is 3. The molecule has 1 amide bonds. The summed E-state index contributed by atoms with van der Waals surface area (Å²) in [5.74, 6) is -1.73. The van der Waals surface area contributed by atoms with Crippen LogP contribution >= 0.6 is 31.9 Å². The average molecular weight is 377 g/mol. The Morgan fingerprint density at radius 1 is 1.29 bits per heavy atom. The second kappa shape index (κ2) is 5.26. The van der Waals surface area contributed by atoms with Crippen LogP contribution in [-0.2, 0) is 4.79 Å². The van der Waals surface area contributed by atoms with Crippen LogP contribution in [0.5, 0.6) is 5.75 Å². The smallest absolute Gasteiger partial charge is 0.471 e. The van der Waals surface area contributed by atoms with E-state index in [1.165, 1.54) is 19.2 Å². The normalized spacial score (nSPS) is 11.2. The molecule has 0 spiro atoms. The fourth-order valence-corrected chi connectivity index (χ4v) is 2.23. The van der Waals surface area contributed by atoms with E-state index < -0.39 is 12.1 Å². The summed E-state index contributed by atoms with van der Waals surface area (Å²) < 4.78 is 41.9. The van der Waals surface area contributed by atoms with Gasteiger partial charge in [0.1, 0.15) is 5.75 Å². The first kappa shape index (κ1) is 14.3. The summed E-state index contributed by atoms with van der Waals surface area (Å²) in [6, 6.07) is 2.75. The van der Waals surface area contributed by atoms with Gasteiger partial charge < -0.3 is 10.1 Å². The van der Waals surface area contributed by atoms with E-state index >= 15 is 0 Å². The number of rotatable bonds is 2. The Morgan fingerprint density at radius 2 is 1.88 bits per heavy atom. The minimum Gasteiger partial charge on any atom is -0.495 e. The Hall–Kier alpha value is -0.760. The quantitative estimate of drug-likeness (QED) is 0.854. The Labute approximate surface area is 112 Å². The maximum absolute atomic E-state index is 12.1. The van der Waals surface area contributed by atoms with Gasteiger partial charge in [0.05, 0.1) is 17.3 Å². The molecule has 1 N–H and O–H groups in total. The molecular formula is C9H6Br2F3NO2. The van der Waals surface area contributed by atoms with E-state index in [9.17, 15) is 18.0 Å². The van der Waals surface area contributed by atoms with Crippen LogP contribution in [0, 0.1) is 0 Å². The fraction of sp³-hybridized carbons (Fsp3) is 0.222. The highest BCUT2D eigenvalue weighted by Crippen LogP contribution is 2.35. The minimum absolute atomic E-state index is 0.0209. The van der Waals surface area contributed by atoms with E-state index in [2.05, 4.69) is 31.9 Å². The standard InChI is InChI=1S/C9H6Br2F3NO2/c1-17-7-3-6(4(10)2-5(7)11)15-8(16)9(12,13)14/h2-3H,1H3,(H,15,16). The molecule has 0 radical (unpaired) electrons. The monoisotopic (exact) mass is 375 g/mol. The molecule has 3 nitrogen and oxygen atoms in total. The zero-order valence-corrected chi connectivity index (χ0v) is 11.5. The maximum Gasteiger partial charge on any atom is 0.471 e. The van der Waals surface area contributed by atoms with Crippen LogP contribution in [0.3, 0.4) is 0 Å². The van der Waals surface area contributed by atoms with Gasteiger partial charge in [0.25, 0.3) is 0 Å². The Balaban J connectivity index is 3.03.